The molecular formula is C21H23N3O3S. The van der Waals surface area contributed by atoms with Gasteiger partial charge in [-0.25, -0.2) is 0 Å². The normalized spacial score (nSPS) is 12.1. The first kappa shape index (κ1) is 21.2. The molecule has 2 rings (SSSR count). The molecule has 6 nitrogen and oxygen atoms in total. The Kier molecular flexibility index (Phi) is 6.64. The van der Waals surface area contributed by atoms with Crippen molar-refractivity contribution < 1.29 is 14.6 Å². The van der Waals surface area contributed by atoms with Crippen molar-refractivity contribution in [1.29, 1.82) is 0 Å². The Hall–Kier alpha value is -3.06. The Bertz CT molecular complexity index is 911. The number of nitrogens with zero attached hydrogens (tertiary/aromatic N) is 2. The highest BCUT2D eigenvalue weighted by molar-refractivity contribution is 7.81. The number of nitro groups is 1. The molecule has 0 aliphatic heterocycles. The number of thiocarbonyl (C=S) groups is 1. The quantitative estimate of drug-likeness (QED) is 0.154. The number of non-ortho nitro benzene ring substituents is 1. The molecule has 1 N–H and O–H groups in total. The monoisotopic (exact) mass is 397 g/mol. The van der Waals surface area contributed by atoms with Gasteiger partial charge in [0.05, 0.1) is 4.92 Å². The number of aromatic nitrogens is 1. The first-order valence-electron chi connectivity index (χ1n) is 8.72. The van der Waals surface area contributed by atoms with E-state index in [4.69, 9.17) is 12.2 Å². The Balaban J connectivity index is 2.54. The molecule has 0 unspecified atom stereocenters. The third kappa shape index (κ3) is 5.01. The van der Waals surface area contributed by atoms with Gasteiger partial charge in [-0.3, -0.25) is 10.1 Å². The molecule has 2 aromatic rings. The third-order valence-corrected chi connectivity index (χ3v) is 4.47. The van der Waals surface area contributed by atoms with Crippen LogP contribution in [0.15, 0.2) is 61.4 Å². The van der Waals surface area contributed by atoms with Crippen molar-refractivity contribution in [2.75, 3.05) is 6.54 Å². The van der Waals surface area contributed by atoms with Gasteiger partial charge in [0.2, 0.25) is 5.70 Å². The van der Waals surface area contributed by atoms with Gasteiger partial charge in [-0.1, -0.05) is 39.1 Å². The zero-order chi connectivity index (χ0) is 20.9. The number of benzene rings is 1. The summed E-state index contributed by atoms with van der Waals surface area (Å²) in [5.74, 6) is -0.329. The second-order valence-electron chi connectivity index (χ2n) is 7.22. The van der Waals surface area contributed by atoms with E-state index in [9.17, 15) is 15.2 Å². The smallest absolute Gasteiger partial charge is 0.269 e. The van der Waals surface area contributed by atoms with Crippen LogP contribution in [0.4, 0.5) is 5.69 Å². The molecule has 0 saturated heterocycles. The number of nitro benzene ring substituents is 1. The Morgan fingerprint density at radius 2 is 1.79 bits per heavy atom. The van der Waals surface area contributed by atoms with Gasteiger partial charge in [-0.15, -0.1) is 6.58 Å². The molecular weight excluding hydrogens is 374 g/mol. The van der Waals surface area contributed by atoms with Gasteiger partial charge in [0, 0.05) is 30.8 Å². The Labute approximate surface area is 170 Å². The molecule has 0 spiro atoms. The largest absolute Gasteiger partial charge is 0.867 e. The van der Waals surface area contributed by atoms with E-state index in [1.54, 1.807) is 23.0 Å². The molecule has 0 radical (unpaired) electrons. The first-order chi connectivity index (χ1) is 13.1. The molecule has 0 bridgehead atoms. The SMILES string of the molecule is C=CCNC(=S)C(=C([O-])c1ccc([N+](=O)[O-])cc1)[n+]1ccc(C(C)(C)C)cc1. The third-order valence-electron chi connectivity index (χ3n) is 4.13. The summed E-state index contributed by atoms with van der Waals surface area (Å²) in [5.41, 5.74) is 1.61. The number of rotatable bonds is 6. The van der Waals surface area contributed by atoms with Gasteiger partial charge < -0.3 is 10.4 Å². The zero-order valence-corrected chi connectivity index (χ0v) is 17.0. The van der Waals surface area contributed by atoms with Crippen LogP contribution in [0.2, 0.25) is 0 Å². The minimum absolute atomic E-state index is 0.0246. The van der Waals surface area contributed by atoms with E-state index in [0.29, 0.717) is 12.1 Å². The molecule has 1 aromatic heterocycles. The van der Waals surface area contributed by atoms with E-state index in [1.165, 1.54) is 24.3 Å². The van der Waals surface area contributed by atoms with E-state index in [1.807, 2.05) is 12.1 Å². The maximum absolute atomic E-state index is 13.1. The fraction of sp³-hybridized carbons (Fsp3) is 0.238. The summed E-state index contributed by atoms with van der Waals surface area (Å²) >= 11 is 5.43. The molecule has 0 atom stereocenters. The summed E-state index contributed by atoms with van der Waals surface area (Å²) in [6.45, 7) is 10.4. The van der Waals surface area contributed by atoms with Gasteiger partial charge in [-0.05, 0) is 34.4 Å². The van der Waals surface area contributed by atoms with E-state index < -0.39 is 4.92 Å². The average Bonchev–Trinajstić information content (AvgIpc) is 2.66. The average molecular weight is 398 g/mol. The topological polar surface area (TPSA) is 82.1 Å². The van der Waals surface area contributed by atoms with Crippen molar-refractivity contribution in [3.63, 3.8) is 0 Å². The first-order valence-corrected chi connectivity index (χ1v) is 9.13. The highest BCUT2D eigenvalue weighted by Gasteiger charge is 2.21. The van der Waals surface area contributed by atoms with Crippen LogP contribution in [0.25, 0.3) is 11.5 Å². The van der Waals surface area contributed by atoms with Crippen LogP contribution in [0.1, 0.15) is 31.9 Å². The van der Waals surface area contributed by atoms with Gasteiger partial charge >= 0.3 is 0 Å². The molecule has 28 heavy (non-hydrogen) atoms. The van der Waals surface area contributed by atoms with E-state index in [-0.39, 0.29) is 27.5 Å². The molecule has 0 saturated carbocycles. The van der Waals surface area contributed by atoms with E-state index >= 15 is 0 Å². The van der Waals surface area contributed by atoms with Crippen LogP contribution < -0.4 is 15.0 Å². The predicted molar refractivity (Wildman–Crippen MR) is 112 cm³/mol. The summed E-state index contributed by atoms with van der Waals surface area (Å²) in [5, 5.41) is 27.0. The Morgan fingerprint density at radius 1 is 1.21 bits per heavy atom. The zero-order valence-electron chi connectivity index (χ0n) is 16.1. The fourth-order valence-corrected chi connectivity index (χ4v) is 2.81. The predicted octanol–water partition coefficient (Wildman–Crippen LogP) is 2.97. The lowest BCUT2D eigenvalue weighted by Gasteiger charge is -2.19. The summed E-state index contributed by atoms with van der Waals surface area (Å²) in [7, 11) is 0. The summed E-state index contributed by atoms with van der Waals surface area (Å²) in [6, 6.07) is 9.36. The molecule has 0 fully saturated rings. The number of pyridine rings is 1. The summed E-state index contributed by atoms with van der Waals surface area (Å²) in [4.78, 5) is 10.6. The molecule has 0 amide bonds. The minimum Gasteiger partial charge on any atom is -0.867 e. The van der Waals surface area contributed by atoms with Crippen LogP contribution in [0.5, 0.6) is 0 Å². The molecule has 7 heteroatoms. The van der Waals surface area contributed by atoms with Crippen molar-refractivity contribution in [2.45, 2.75) is 26.2 Å². The van der Waals surface area contributed by atoms with Crippen molar-refractivity contribution >= 4 is 34.3 Å². The number of hydrogen-bond acceptors (Lipinski definition) is 4. The standard InChI is InChI=1S/C21H23N3O3S/c1-5-12-22-20(28)18(23-13-10-16(11-14-23)21(2,3)4)19(25)15-6-8-17(9-7-15)24(26)27/h5-11,13-14H,1,12H2,2-4H3,(H-,22,25,28). The second kappa shape index (κ2) is 8.75. The van der Waals surface area contributed by atoms with E-state index in [2.05, 4.69) is 32.7 Å². The van der Waals surface area contributed by atoms with Crippen molar-refractivity contribution in [2.24, 2.45) is 0 Å². The van der Waals surface area contributed by atoms with Crippen LogP contribution >= 0.6 is 12.2 Å². The highest BCUT2D eigenvalue weighted by Crippen LogP contribution is 2.22. The lowest BCUT2D eigenvalue weighted by Crippen LogP contribution is -2.42. The fourth-order valence-electron chi connectivity index (χ4n) is 2.53. The van der Waals surface area contributed by atoms with Gasteiger partial charge in [0.25, 0.3) is 5.69 Å². The van der Waals surface area contributed by atoms with Gasteiger partial charge in [-0.2, -0.15) is 4.57 Å². The van der Waals surface area contributed by atoms with Crippen molar-refractivity contribution in [3.05, 3.63) is 82.7 Å². The minimum atomic E-state index is -0.505. The molecule has 146 valence electrons. The lowest BCUT2D eigenvalue weighted by molar-refractivity contribution is -0.578. The summed E-state index contributed by atoms with van der Waals surface area (Å²) < 4.78 is 1.66. The maximum atomic E-state index is 13.1. The molecule has 0 aliphatic rings. The lowest BCUT2D eigenvalue weighted by atomic mass is 9.88. The van der Waals surface area contributed by atoms with E-state index in [0.717, 1.165) is 5.56 Å². The van der Waals surface area contributed by atoms with Crippen LogP contribution in [0, 0.1) is 10.1 Å². The summed E-state index contributed by atoms with van der Waals surface area (Å²) in [6.07, 6.45) is 5.23. The number of hydrogen-bond donors (Lipinski definition) is 1. The van der Waals surface area contributed by atoms with Crippen LogP contribution in [-0.4, -0.2) is 16.5 Å². The molecule has 1 heterocycles. The van der Waals surface area contributed by atoms with Gasteiger partial charge in [0.15, 0.2) is 17.4 Å². The number of nitrogens with one attached hydrogen (secondary N) is 1. The van der Waals surface area contributed by atoms with Gasteiger partial charge in [0.1, 0.15) is 0 Å². The highest BCUT2D eigenvalue weighted by atomic mass is 32.1. The van der Waals surface area contributed by atoms with Crippen molar-refractivity contribution in [3.8, 4) is 0 Å². The van der Waals surface area contributed by atoms with Crippen molar-refractivity contribution in [1.82, 2.24) is 5.32 Å². The maximum Gasteiger partial charge on any atom is 0.269 e. The van der Waals surface area contributed by atoms with Crippen LogP contribution in [-0.2, 0) is 5.41 Å². The molecule has 1 aromatic carbocycles. The Morgan fingerprint density at radius 3 is 2.25 bits per heavy atom. The second-order valence-corrected chi connectivity index (χ2v) is 7.63. The van der Waals surface area contributed by atoms with Crippen LogP contribution in [0.3, 0.4) is 0 Å². The molecule has 0 aliphatic carbocycles.